The maximum atomic E-state index is 13.6. The molecule has 6 rings (SSSR count). The van der Waals surface area contributed by atoms with Crippen LogP contribution in [0.4, 0.5) is 5.82 Å². The Kier molecular flexibility index (Phi) is 6.42. The Hall–Kier alpha value is -2.39. The summed E-state index contributed by atoms with van der Waals surface area (Å²) in [6, 6.07) is 0.110. The third-order valence-electron chi connectivity index (χ3n) is 8.28. The number of aromatic nitrogens is 2. The van der Waals surface area contributed by atoms with E-state index in [1.807, 2.05) is 33.0 Å². The van der Waals surface area contributed by atoms with Gasteiger partial charge >= 0.3 is 0 Å². The minimum atomic E-state index is -0.551. The SMILES string of the molecule is CCC(=O)NC(C)(C)/C=C/n1ncc(C(=O)N[C@H]2C3CC4CC2C[C@@](O)(C4)C3)c1N1CCOCC1. The van der Waals surface area contributed by atoms with Crippen LogP contribution in [0.1, 0.15) is 69.7 Å². The van der Waals surface area contributed by atoms with Gasteiger partial charge in [-0.2, -0.15) is 5.10 Å². The molecule has 2 atom stereocenters. The highest BCUT2D eigenvalue weighted by atomic mass is 16.5. The normalized spacial score (nSPS) is 32.3. The first-order chi connectivity index (χ1) is 16.7. The van der Waals surface area contributed by atoms with E-state index < -0.39 is 11.1 Å². The van der Waals surface area contributed by atoms with Crippen LogP contribution in [0.25, 0.3) is 6.20 Å². The summed E-state index contributed by atoms with van der Waals surface area (Å²) >= 11 is 0. The summed E-state index contributed by atoms with van der Waals surface area (Å²) in [5.74, 6) is 1.92. The zero-order valence-corrected chi connectivity index (χ0v) is 21.1. The molecule has 9 heteroatoms. The average molecular weight is 486 g/mol. The third-order valence-corrected chi connectivity index (χ3v) is 8.28. The van der Waals surface area contributed by atoms with Crippen LogP contribution in [0.15, 0.2) is 12.3 Å². The molecule has 3 N–H and O–H groups in total. The molecule has 1 aliphatic heterocycles. The molecule has 5 fully saturated rings. The number of nitrogens with zero attached hydrogens (tertiary/aromatic N) is 3. The molecule has 1 aromatic heterocycles. The van der Waals surface area contributed by atoms with Crippen molar-refractivity contribution in [2.45, 2.75) is 76.5 Å². The van der Waals surface area contributed by atoms with Crippen molar-refractivity contribution < 1.29 is 19.4 Å². The Morgan fingerprint density at radius 2 is 1.91 bits per heavy atom. The van der Waals surface area contributed by atoms with Crippen molar-refractivity contribution in [2.75, 3.05) is 31.2 Å². The van der Waals surface area contributed by atoms with Crippen LogP contribution in [-0.2, 0) is 9.53 Å². The van der Waals surface area contributed by atoms with E-state index in [1.54, 1.807) is 10.9 Å². The van der Waals surface area contributed by atoms with Crippen LogP contribution in [0.5, 0.6) is 0 Å². The van der Waals surface area contributed by atoms with Crippen molar-refractivity contribution >= 4 is 23.8 Å². The van der Waals surface area contributed by atoms with Gasteiger partial charge in [-0.25, -0.2) is 4.68 Å². The zero-order chi connectivity index (χ0) is 24.8. The molecule has 1 aromatic rings. The molecule has 5 aliphatic rings. The Morgan fingerprint density at radius 1 is 1.23 bits per heavy atom. The van der Waals surface area contributed by atoms with E-state index in [0.29, 0.717) is 56.0 Å². The maximum absolute atomic E-state index is 13.6. The first kappa shape index (κ1) is 24.3. The van der Waals surface area contributed by atoms with Crippen molar-refractivity contribution in [2.24, 2.45) is 17.8 Å². The van der Waals surface area contributed by atoms with Crippen molar-refractivity contribution in [1.82, 2.24) is 20.4 Å². The minimum Gasteiger partial charge on any atom is -0.390 e. The molecule has 4 aliphatic carbocycles. The maximum Gasteiger partial charge on any atom is 0.256 e. The highest BCUT2D eigenvalue weighted by molar-refractivity contribution is 5.99. The first-order valence-corrected chi connectivity index (χ1v) is 13.1. The van der Waals surface area contributed by atoms with Crippen molar-refractivity contribution in [3.8, 4) is 0 Å². The number of nitrogens with one attached hydrogen (secondary N) is 2. The monoisotopic (exact) mass is 485 g/mol. The number of amides is 2. The predicted molar refractivity (Wildman–Crippen MR) is 133 cm³/mol. The summed E-state index contributed by atoms with van der Waals surface area (Å²) in [7, 11) is 0. The van der Waals surface area contributed by atoms with Crippen LogP contribution < -0.4 is 15.5 Å². The van der Waals surface area contributed by atoms with Gasteiger partial charge in [0.1, 0.15) is 11.4 Å². The number of hydrogen-bond acceptors (Lipinski definition) is 6. The summed E-state index contributed by atoms with van der Waals surface area (Å²) in [6.07, 6.45) is 10.5. The number of carbonyl (C=O) groups excluding carboxylic acids is 2. The predicted octanol–water partition coefficient (Wildman–Crippen LogP) is 2.16. The van der Waals surface area contributed by atoms with Crippen molar-refractivity contribution in [3.63, 3.8) is 0 Å². The van der Waals surface area contributed by atoms with Crippen molar-refractivity contribution in [1.29, 1.82) is 0 Å². The summed E-state index contributed by atoms with van der Waals surface area (Å²) in [5.41, 5.74) is -0.518. The Bertz CT molecular complexity index is 980. The molecule has 35 heavy (non-hydrogen) atoms. The molecule has 0 spiro atoms. The fraction of sp³-hybridized carbons (Fsp3) is 0.731. The van der Waals surface area contributed by atoms with E-state index in [1.165, 1.54) is 0 Å². The van der Waals surface area contributed by atoms with Gasteiger partial charge in [0.05, 0.1) is 30.6 Å². The smallest absolute Gasteiger partial charge is 0.256 e. The second-order valence-electron chi connectivity index (χ2n) is 11.6. The average Bonchev–Trinajstić information content (AvgIpc) is 3.23. The minimum absolute atomic E-state index is 0.0195. The van der Waals surface area contributed by atoms with Gasteiger partial charge in [-0.05, 0) is 69.8 Å². The van der Waals surface area contributed by atoms with E-state index in [4.69, 9.17) is 4.74 Å². The summed E-state index contributed by atoms with van der Waals surface area (Å²) in [4.78, 5) is 27.7. The van der Waals surface area contributed by atoms with Gasteiger partial charge in [0.25, 0.3) is 5.91 Å². The molecule has 2 heterocycles. The molecule has 4 saturated carbocycles. The van der Waals surface area contributed by atoms with Gasteiger partial charge in [0.2, 0.25) is 5.91 Å². The lowest BCUT2D eigenvalue weighted by Gasteiger charge is -2.58. The molecule has 1 saturated heterocycles. The highest BCUT2D eigenvalue weighted by Gasteiger charge is 2.55. The molecule has 9 nitrogen and oxygen atoms in total. The number of hydrogen-bond donors (Lipinski definition) is 3. The van der Waals surface area contributed by atoms with Crippen LogP contribution in [0.2, 0.25) is 0 Å². The summed E-state index contributed by atoms with van der Waals surface area (Å²) in [6.45, 7) is 8.25. The lowest BCUT2D eigenvalue weighted by Crippen LogP contribution is -2.61. The van der Waals surface area contributed by atoms with Crippen LogP contribution in [0, 0.1) is 17.8 Å². The summed E-state index contributed by atoms with van der Waals surface area (Å²) < 4.78 is 7.28. The number of ether oxygens (including phenoxy) is 1. The molecule has 0 radical (unpaired) electrons. The van der Waals surface area contributed by atoms with Gasteiger partial charge in [-0.3, -0.25) is 9.59 Å². The Labute approximate surface area is 207 Å². The molecule has 0 aromatic carbocycles. The lowest BCUT2D eigenvalue weighted by molar-refractivity contribution is -0.136. The van der Waals surface area contributed by atoms with E-state index >= 15 is 0 Å². The second kappa shape index (κ2) is 9.24. The van der Waals surface area contributed by atoms with E-state index in [9.17, 15) is 14.7 Å². The fourth-order valence-electron chi connectivity index (χ4n) is 6.91. The Morgan fingerprint density at radius 3 is 2.54 bits per heavy atom. The number of carbonyl (C=O) groups is 2. The highest BCUT2D eigenvalue weighted by Crippen LogP contribution is 2.55. The first-order valence-electron chi connectivity index (χ1n) is 13.1. The number of aliphatic hydroxyl groups is 1. The van der Waals surface area contributed by atoms with Gasteiger partial charge in [0.15, 0.2) is 0 Å². The van der Waals surface area contributed by atoms with E-state index in [-0.39, 0.29) is 17.9 Å². The standard InChI is InChI=1S/C26H39N5O4/c1-4-21(32)29-25(2,3)5-6-31-24(30-7-9-35-10-8-30)20(16-27-31)23(33)28-22-18-11-17-12-19(22)15-26(34,13-17)14-18/h5-6,16-19,22,34H,4,7-15H2,1-3H3,(H,28,33)(H,29,32)/b6-5+/t17?,18?,19?,22-,26+. The third kappa shape index (κ3) is 4.98. The number of anilines is 1. The van der Waals surface area contributed by atoms with Gasteiger partial charge < -0.3 is 25.4 Å². The Balaban J connectivity index is 1.38. The topological polar surface area (TPSA) is 109 Å². The van der Waals surface area contributed by atoms with Crippen LogP contribution in [-0.4, -0.2) is 70.2 Å². The quantitative estimate of drug-likeness (QED) is 0.546. The van der Waals surface area contributed by atoms with Gasteiger partial charge in [-0.1, -0.05) is 6.92 Å². The summed E-state index contributed by atoms with van der Waals surface area (Å²) in [5, 5.41) is 21.8. The van der Waals surface area contributed by atoms with Gasteiger partial charge in [-0.15, -0.1) is 0 Å². The van der Waals surface area contributed by atoms with Crippen LogP contribution >= 0.6 is 0 Å². The molecule has 192 valence electrons. The molecule has 2 unspecified atom stereocenters. The van der Waals surface area contributed by atoms with Crippen LogP contribution in [0.3, 0.4) is 0 Å². The molecular formula is C26H39N5O4. The number of morpholine rings is 1. The largest absolute Gasteiger partial charge is 0.390 e. The van der Waals surface area contributed by atoms with Crippen molar-refractivity contribution in [3.05, 3.63) is 17.8 Å². The fourth-order valence-corrected chi connectivity index (χ4v) is 6.91. The number of rotatable bonds is 7. The molecular weight excluding hydrogens is 446 g/mol. The zero-order valence-electron chi connectivity index (χ0n) is 21.1. The second-order valence-corrected chi connectivity index (χ2v) is 11.6. The van der Waals surface area contributed by atoms with Gasteiger partial charge in [0, 0.05) is 31.8 Å². The lowest BCUT2D eigenvalue weighted by atomic mass is 9.52. The van der Waals surface area contributed by atoms with E-state index in [2.05, 4.69) is 20.6 Å². The van der Waals surface area contributed by atoms with E-state index in [0.717, 1.165) is 37.9 Å². The molecule has 2 amide bonds. The molecule has 4 bridgehead atoms.